The molecule has 3 nitrogen and oxygen atoms in total. The van der Waals surface area contributed by atoms with Crippen molar-refractivity contribution in [2.45, 2.75) is 12.8 Å². The summed E-state index contributed by atoms with van der Waals surface area (Å²) in [6.07, 6.45) is 4.39. The molecule has 0 amide bonds. The van der Waals surface area contributed by atoms with Crippen LogP contribution >= 0.6 is 11.8 Å². The Bertz CT molecular complexity index is 359. The normalized spacial score (nSPS) is 21.1. The van der Waals surface area contributed by atoms with Gasteiger partial charge < -0.3 is 0 Å². The number of nitrogens with zero attached hydrogens (tertiary/aromatic N) is 3. The van der Waals surface area contributed by atoms with Crippen LogP contribution in [0.25, 0.3) is 0 Å². The van der Waals surface area contributed by atoms with E-state index in [0.717, 1.165) is 11.7 Å². The molecular formula is C10H10N3S. The summed E-state index contributed by atoms with van der Waals surface area (Å²) in [6.45, 7) is 0. The van der Waals surface area contributed by atoms with Gasteiger partial charge in [-0.1, -0.05) is 17.8 Å². The summed E-state index contributed by atoms with van der Waals surface area (Å²) in [5.74, 6) is 3.65. The third-order valence-corrected chi connectivity index (χ3v) is 3.25. The lowest BCUT2D eigenvalue weighted by atomic mass is 10.4. The van der Waals surface area contributed by atoms with Gasteiger partial charge in [0, 0.05) is 12.1 Å². The molecule has 1 fully saturated rings. The van der Waals surface area contributed by atoms with Crippen LogP contribution in [0.4, 0.5) is 5.82 Å². The van der Waals surface area contributed by atoms with Crippen molar-refractivity contribution in [1.82, 2.24) is 4.98 Å². The Morgan fingerprint density at radius 2 is 2.29 bits per heavy atom. The molecule has 0 saturated heterocycles. The minimum absolute atomic E-state index is 0.727. The first-order valence-corrected chi connectivity index (χ1v) is 5.60. The third kappa shape index (κ3) is 1.50. The smallest absolute Gasteiger partial charge is 0.150 e. The van der Waals surface area contributed by atoms with Gasteiger partial charge in [0.1, 0.15) is 11.7 Å². The molecule has 1 saturated carbocycles. The fourth-order valence-electron chi connectivity index (χ4n) is 1.36. The van der Waals surface area contributed by atoms with E-state index in [9.17, 15) is 0 Å². The van der Waals surface area contributed by atoms with Crippen molar-refractivity contribution in [3.8, 4) is 0 Å². The second-order valence-electron chi connectivity index (χ2n) is 3.47. The number of hydrazone groups is 1. The lowest BCUT2D eigenvalue weighted by Gasteiger charge is -2.09. The zero-order valence-corrected chi connectivity index (χ0v) is 8.44. The van der Waals surface area contributed by atoms with Crippen LogP contribution in [0.3, 0.4) is 0 Å². The molecule has 3 rings (SSSR count). The van der Waals surface area contributed by atoms with Crippen molar-refractivity contribution in [1.29, 1.82) is 0 Å². The van der Waals surface area contributed by atoms with Crippen LogP contribution in [0.2, 0.25) is 0 Å². The number of thioether (sulfide) groups is 1. The first-order chi connectivity index (χ1) is 6.93. The van der Waals surface area contributed by atoms with E-state index in [2.05, 4.69) is 10.1 Å². The summed E-state index contributed by atoms with van der Waals surface area (Å²) in [6, 6.07) is 5.86. The first-order valence-electron chi connectivity index (χ1n) is 4.72. The highest BCUT2D eigenvalue weighted by molar-refractivity contribution is 8.16. The van der Waals surface area contributed by atoms with E-state index in [-0.39, 0.29) is 0 Å². The van der Waals surface area contributed by atoms with Crippen molar-refractivity contribution in [2.24, 2.45) is 11.0 Å². The van der Waals surface area contributed by atoms with Crippen molar-refractivity contribution in [3.05, 3.63) is 30.3 Å². The van der Waals surface area contributed by atoms with E-state index in [1.807, 2.05) is 29.1 Å². The number of hydrogen-bond donors (Lipinski definition) is 0. The Balaban J connectivity index is 1.81. The molecule has 0 N–H and O–H groups in total. The lowest BCUT2D eigenvalue weighted by molar-refractivity contribution is 1.01. The number of hydrogen-bond acceptors (Lipinski definition) is 4. The van der Waals surface area contributed by atoms with Crippen molar-refractivity contribution >= 4 is 22.6 Å². The van der Waals surface area contributed by atoms with Gasteiger partial charge in [0.05, 0.1) is 5.04 Å². The van der Waals surface area contributed by atoms with Crippen LogP contribution in [-0.2, 0) is 0 Å². The predicted molar refractivity (Wildman–Crippen MR) is 58.8 cm³/mol. The fraction of sp³-hybridized carbons (Fsp3) is 0.300. The summed E-state index contributed by atoms with van der Waals surface area (Å²) in [5.41, 5.74) is 0. The molecule has 0 bridgehead atoms. The molecule has 0 spiro atoms. The lowest BCUT2D eigenvalue weighted by Crippen LogP contribution is -2.07. The van der Waals surface area contributed by atoms with Crippen LogP contribution in [-0.4, -0.2) is 10.0 Å². The Hall–Kier alpha value is -1.03. The second kappa shape index (κ2) is 3.28. The molecule has 0 aromatic carbocycles. The molecular weight excluding hydrogens is 194 g/mol. The third-order valence-electron chi connectivity index (χ3n) is 2.29. The molecule has 1 aliphatic carbocycles. The molecule has 1 radical (unpaired) electrons. The Morgan fingerprint density at radius 1 is 1.36 bits per heavy atom. The van der Waals surface area contributed by atoms with Gasteiger partial charge in [-0.15, -0.1) is 0 Å². The molecule has 14 heavy (non-hydrogen) atoms. The van der Waals surface area contributed by atoms with Crippen LogP contribution in [0.15, 0.2) is 29.5 Å². The van der Waals surface area contributed by atoms with Crippen LogP contribution in [0.5, 0.6) is 0 Å². The van der Waals surface area contributed by atoms with Crippen molar-refractivity contribution in [3.63, 3.8) is 0 Å². The minimum atomic E-state index is 0.727. The largest absolute Gasteiger partial charge is 0.237 e. The molecule has 0 unspecified atom stereocenters. The Labute approximate surface area is 87.2 Å². The average Bonchev–Trinajstić information content (AvgIpc) is 2.98. The maximum atomic E-state index is 4.52. The van der Waals surface area contributed by atoms with Gasteiger partial charge in [-0.05, 0) is 25.0 Å². The highest BCUT2D eigenvalue weighted by atomic mass is 32.2. The molecule has 1 aromatic heterocycles. The van der Waals surface area contributed by atoms with Gasteiger partial charge in [-0.2, -0.15) is 5.10 Å². The van der Waals surface area contributed by atoms with E-state index in [4.69, 9.17) is 0 Å². The predicted octanol–water partition coefficient (Wildman–Crippen LogP) is 2.48. The number of anilines is 1. The summed E-state index contributed by atoms with van der Waals surface area (Å²) >= 11 is 1.73. The van der Waals surface area contributed by atoms with Gasteiger partial charge in [0.2, 0.25) is 0 Å². The van der Waals surface area contributed by atoms with E-state index in [1.54, 1.807) is 18.0 Å². The van der Waals surface area contributed by atoms with Crippen LogP contribution in [0.1, 0.15) is 12.8 Å². The van der Waals surface area contributed by atoms with Gasteiger partial charge in [0.25, 0.3) is 0 Å². The molecule has 71 valence electrons. The molecule has 2 aliphatic rings. The van der Waals surface area contributed by atoms with Crippen LogP contribution in [0, 0.1) is 11.8 Å². The topological polar surface area (TPSA) is 28.5 Å². The number of pyridine rings is 1. The monoisotopic (exact) mass is 204 g/mol. The van der Waals surface area contributed by atoms with Crippen LogP contribution < -0.4 is 5.01 Å². The Kier molecular flexibility index (Phi) is 1.94. The molecule has 4 heteroatoms. The van der Waals surface area contributed by atoms with E-state index >= 15 is 0 Å². The summed E-state index contributed by atoms with van der Waals surface area (Å²) in [7, 11) is 0. The standard InChI is InChI=1S/C10H10N3S/c1-2-6-11-9(3-1)13-7-14-10(12-13)8-4-5-8/h1-3,6-8H,4-5H2. The molecule has 1 aromatic rings. The van der Waals surface area contributed by atoms with Crippen molar-refractivity contribution in [2.75, 3.05) is 5.01 Å². The fourth-order valence-corrected chi connectivity index (χ4v) is 2.29. The highest BCUT2D eigenvalue weighted by Gasteiger charge is 2.32. The highest BCUT2D eigenvalue weighted by Crippen LogP contribution is 2.40. The van der Waals surface area contributed by atoms with Gasteiger partial charge in [0.15, 0.2) is 0 Å². The number of rotatable bonds is 2. The summed E-state index contributed by atoms with van der Waals surface area (Å²) in [4.78, 5) is 4.25. The van der Waals surface area contributed by atoms with Gasteiger partial charge >= 0.3 is 0 Å². The maximum Gasteiger partial charge on any atom is 0.150 e. The first kappa shape index (κ1) is 8.29. The van der Waals surface area contributed by atoms with E-state index < -0.39 is 0 Å². The number of aromatic nitrogens is 1. The SMILES string of the molecule is [CH]1SC(C2CC2)=NN1c1ccccn1. The Morgan fingerprint density at radius 3 is 3.00 bits per heavy atom. The average molecular weight is 204 g/mol. The maximum absolute atomic E-state index is 4.52. The molecule has 2 heterocycles. The molecule has 0 atom stereocenters. The second-order valence-corrected chi connectivity index (χ2v) is 4.33. The summed E-state index contributed by atoms with van der Waals surface area (Å²) < 4.78 is 0. The van der Waals surface area contributed by atoms with Gasteiger partial charge in [-0.25, -0.2) is 9.99 Å². The van der Waals surface area contributed by atoms with Crippen molar-refractivity contribution < 1.29 is 0 Å². The summed E-state index contributed by atoms with van der Waals surface area (Å²) in [5, 5.41) is 7.62. The quantitative estimate of drug-likeness (QED) is 0.741. The molecule has 1 aliphatic heterocycles. The van der Waals surface area contributed by atoms with E-state index in [0.29, 0.717) is 0 Å². The zero-order valence-electron chi connectivity index (χ0n) is 7.63. The van der Waals surface area contributed by atoms with E-state index in [1.165, 1.54) is 17.9 Å². The zero-order chi connectivity index (χ0) is 9.38. The van der Waals surface area contributed by atoms with Gasteiger partial charge in [-0.3, -0.25) is 0 Å². The minimum Gasteiger partial charge on any atom is -0.237 e.